The van der Waals surface area contributed by atoms with Crippen LogP contribution >= 0.6 is 0 Å². The van der Waals surface area contributed by atoms with Crippen molar-refractivity contribution in [1.29, 1.82) is 0 Å². The molecule has 0 heterocycles. The Morgan fingerprint density at radius 2 is 0.833 bits per heavy atom. The summed E-state index contributed by atoms with van der Waals surface area (Å²) in [5.74, 6) is 0. The molecule has 0 bridgehead atoms. The molecule has 0 aromatic rings. The minimum atomic E-state index is -1.40. The molecule has 0 rings (SSSR count). The van der Waals surface area contributed by atoms with Crippen LogP contribution in [0.25, 0.3) is 0 Å². The molecule has 0 saturated carbocycles. The fourth-order valence-corrected chi connectivity index (χ4v) is 5.39. The van der Waals surface area contributed by atoms with Crippen LogP contribution in [0.15, 0.2) is 0 Å². The summed E-state index contributed by atoms with van der Waals surface area (Å²) < 4.78 is 22.6. The van der Waals surface area contributed by atoms with E-state index in [2.05, 4.69) is 0 Å². The zero-order chi connectivity index (χ0) is 13.6. The smallest absolute Gasteiger partial charge is 0.321 e. The van der Waals surface area contributed by atoms with E-state index in [1.165, 1.54) is 12.8 Å². The first-order valence-corrected chi connectivity index (χ1v) is 10.8. The second kappa shape index (κ2) is 13.7. The van der Waals surface area contributed by atoms with Gasteiger partial charge in [-0.15, -0.1) is 0 Å². The molecule has 0 radical (unpaired) electrons. The van der Waals surface area contributed by atoms with Gasteiger partial charge in [0.1, 0.15) is 0 Å². The van der Waals surface area contributed by atoms with E-state index in [0.29, 0.717) is 0 Å². The van der Waals surface area contributed by atoms with Gasteiger partial charge in [0.15, 0.2) is 0 Å². The van der Waals surface area contributed by atoms with Crippen molar-refractivity contribution < 1.29 is 17.7 Å². The highest BCUT2D eigenvalue weighted by Crippen LogP contribution is 2.10. The molecule has 0 amide bonds. The molecule has 110 valence electrons. The second-order valence-electron chi connectivity index (χ2n) is 3.96. The van der Waals surface area contributed by atoms with E-state index < -0.39 is 18.6 Å². The first-order chi connectivity index (χ1) is 8.78. The van der Waals surface area contributed by atoms with E-state index in [1.807, 2.05) is 27.7 Å². The molecular formula is C12H30O4Si2. The number of hydrogen-bond donors (Lipinski definition) is 0. The lowest BCUT2D eigenvalue weighted by molar-refractivity contribution is 0.208. The highest BCUT2D eigenvalue weighted by Gasteiger charge is 2.14. The summed E-state index contributed by atoms with van der Waals surface area (Å²) in [5, 5.41) is 0. The minimum Gasteiger partial charge on any atom is -0.397 e. The van der Waals surface area contributed by atoms with Crippen LogP contribution in [0, 0.1) is 0 Å². The van der Waals surface area contributed by atoms with Crippen LogP contribution in [0.4, 0.5) is 0 Å². The van der Waals surface area contributed by atoms with E-state index in [0.717, 1.165) is 38.5 Å². The Labute approximate surface area is 116 Å². The monoisotopic (exact) mass is 294 g/mol. The van der Waals surface area contributed by atoms with Gasteiger partial charge in [-0.2, -0.15) is 0 Å². The summed E-state index contributed by atoms with van der Waals surface area (Å²) in [4.78, 5) is 0. The molecule has 0 fully saturated rings. The van der Waals surface area contributed by atoms with Gasteiger partial charge in [0.25, 0.3) is 0 Å². The first-order valence-electron chi connectivity index (χ1n) is 7.24. The van der Waals surface area contributed by atoms with E-state index in [9.17, 15) is 0 Å². The Morgan fingerprint density at radius 1 is 0.556 bits per heavy atom. The van der Waals surface area contributed by atoms with Crippen LogP contribution in [0.2, 0.25) is 12.1 Å². The fraction of sp³-hybridized carbons (Fsp3) is 1.00. The van der Waals surface area contributed by atoms with Crippen molar-refractivity contribution in [2.45, 2.75) is 52.6 Å². The molecular weight excluding hydrogens is 264 g/mol. The number of rotatable bonds is 13. The summed E-state index contributed by atoms with van der Waals surface area (Å²) in [6.45, 7) is 11.2. The summed E-state index contributed by atoms with van der Waals surface area (Å²) in [6.07, 6.45) is 2.33. The third kappa shape index (κ3) is 10.2. The van der Waals surface area contributed by atoms with Gasteiger partial charge in [0.05, 0.1) is 0 Å². The standard InChI is InChI=1S/C12H30O4Si2/c1-5-13-17(14-6-2)11-9-10-12-18(15-7-3)16-8-4/h17-18H,5-12H2,1-4H3. The predicted octanol–water partition coefficient (Wildman–Crippen LogP) is 2.35. The average molecular weight is 295 g/mol. The van der Waals surface area contributed by atoms with Crippen LogP contribution in [-0.4, -0.2) is 45.0 Å². The Morgan fingerprint density at radius 3 is 1.06 bits per heavy atom. The molecule has 0 N–H and O–H groups in total. The fourth-order valence-electron chi connectivity index (χ4n) is 1.80. The second-order valence-corrected chi connectivity index (χ2v) is 8.17. The van der Waals surface area contributed by atoms with Gasteiger partial charge in [0.2, 0.25) is 0 Å². The number of unbranched alkanes of at least 4 members (excludes halogenated alkanes) is 1. The number of hydrogen-bond acceptors (Lipinski definition) is 4. The topological polar surface area (TPSA) is 36.9 Å². The van der Waals surface area contributed by atoms with Crippen LogP contribution in [-0.2, 0) is 17.7 Å². The molecule has 0 saturated heterocycles. The summed E-state index contributed by atoms with van der Waals surface area (Å²) in [5.41, 5.74) is 0. The van der Waals surface area contributed by atoms with Gasteiger partial charge in [-0.1, -0.05) is 12.8 Å². The Balaban J connectivity index is 3.66. The highest BCUT2D eigenvalue weighted by molar-refractivity contribution is 6.45. The molecule has 0 aromatic heterocycles. The molecule has 4 nitrogen and oxygen atoms in total. The largest absolute Gasteiger partial charge is 0.397 e. The lowest BCUT2D eigenvalue weighted by Gasteiger charge is -2.16. The molecule has 6 heteroatoms. The average Bonchev–Trinajstić information content (AvgIpc) is 2.35. The molecule has 0 aliphatic carbocycles. The molecule has 0 aliphatic heterocycles. The van der Waals surface area contributed by atoms with Crippen LogP contribution in [0.1, 0.15) is 40.5 Å². The lowest BCUT2D eigenvalue weighted by Crippen LogP contribution is -2.24. The Bertz CT molecular complexity index is 142. The Hall–Kier alpha value is 0.274. The maximum absolute atomic E-state index is 5.65. The van der Waals surface area contributed by atoms with Gasteiger partial charge in [-0.25, -0.2) is 0 Å². The zero-order valence-electron chi connectivity index (χ0n) is 12.4. The van der Waals surface area contributed by atoms with Crippen molar-refractivity contribution >= 4 is 18.6 Å². The van der Waals surface area contributed by atoms with Crippen molar-refractivity contribution in [3.05, 3.63) is 0 Å². The van der Waals surface area contributed by atoms with Gasteiger partial charge >= 0.3 is 18.6 Å². The molecule has 0 atom stereocenters. The summed E-state index contributed by atoms with van der Waals surface area (Å²) in [6, 6.07) is 2.20. The van der Waals surface area contributed by atoms with E-state index in [4.69, 9.17) is 17.7 Å². The van der Waals surface area contributed by atoms with Crippen molar-refractivity contribution in [2.24, 2.45) is 0 Å². The maximum atomic E-state index is 5.65. The van der Waals surface area contributed by atoms with Gasteiger partial charge < -0.3 is 17.7 Å². The summed E-state index contributed by atoms with van der Waals surface area (Å²) >= 11 is 0. The van der Waals surface area contributed by atoms with Crippen molar-refractivity contribution in [3.8, 4) is 0 Å². The van der Waals surface area contributed by atoms with Crippen molar-refractivity contribution in [3.63, 3.8) is 0 Å². The van der Waals surface area contributed by atoms with Gasteiger partial charge in [0, 0.05) is 26.4 Å². The normalized spacial score (nSPS) is 11.7. The van der Waals surface area contributed by atoms with Crippen molar-refractivity contribution in [2.75, 3.05) is 26.4 Å². The van der Waals surface area contributed by atoms with Gasteiger partial charge in [-0.3, -0.25) is 0 Å². The van der Waals surface area contributed by atoms with Crippen LogP contribution in [0.3, 0.4) is 0 Å². The first kappa shape index (κ1) is 18.3. The lowest BCUT2D eigenvalue weighted by atomic mass is 10.4. The molecule has 18 heavy (non-hydrogen) atoms. The zero-order valence-corrected chi connectivity index (χ0v) is 14.8. The third-order valence-corrected chi connectivity index (χ3v) is 7.12. The third-order valence-electron chi connectivity index (χ3n) is 2.54. The van der Waals surface area contributed by atoms with E-state index in [-0.39, 0.29) is 0 Å². The molecule has 0 aromatic carbocycles. The Kier molecular flexibility index (Phi) is 13.9. The van der Waals surface area contributed by atoms with Crippen LogP contribution < -0.4 is 0 Å². The minimum absolute atomic E-state index is 0.770. The van der Waals surface area contributed by atoms with Crippen LogP contribution in [0.5, 0.6) is 0 Å². The SMILES string of the molecule is CCO[SiH](CCCC[SiH](OCC)OCC)OCC. The maximum Gasteiger partial charge on any atom is 0.321 e. The van der Waals surface area contributed by atoms with E-state index in [1.54, 1.807) is 0 Å². The van der Waals surface area contributed by atoms with Gasteiger partial charge in [-0.05, 0) is 39.8 Å². The van der Waals surface area contributed by atoms with E-state index >= 15 is 0 Å². The van der Waals surface area contributed by atoms with Crippen molar-refractivity contribution in [1.82, 2.24) is 0 Å². The molecule has 0 spiro atoms. The predicted molar refractivity (Wildman–Crippen MR) is 79.7 cm³/mol. The molecule has 0 unspecified atom stereocenters. The molecule has 0 aliphatic rings. The quantitative estimate of drug-likeness (QED) is 0.386. The summed E-state index contributed by atoms with van der Waals surface area (Å²) in [7, 11) is -2.79. The highest BCUT2D eigenvalue weighted by atomic mass is 28.3.